The predicted molar refractivity (Wildman–Crippen MR) is 72.0 cm³/mol. The zero-order chi connectivity index (χ0) is 10.7. The molecule has 2 rings (SSSR count). The average Bonchev–Trinajstić information content (AvgIpc) is 2.30. The maximum atomic E-state index is 13.5. The van der Waals surface area contributed by atoms with Gasteiger partial charge >= 0.3 is 0 Å². The summed E-state index contributed by atoms with van der Waals surface area (Å²) in [6.45, 7) is 0.381. The van der Waals surface area contributed by atoms with Crippen LogP contribution in [0.1, 0.15) is 5.56 Å². The summed E-state index contributed by atoms with van der Waals surface area (Å²) in [6.07, 6.45) is 3.30. The molecule has 2 nitrogen and oxygen atoms in total. The first kappa shape index (κ1) is 15.8. The van der Waals surface area contributed by atoms with Crippen LogP contribution in [0.15, 0.2) is 42.7 Å². The first-order valence-electron chi connectivity index (χ1n) is 4.71. The normalized spacial score (nSPS) is 9.06. The van der Waals surface area contributed by atoms with Crippen LogP contribution in [-0.2, 0) is 6.54 Å². The van der Waals surface area contributed by atoms with E-state index >= 15 is 0 Å². The number of nitrogens with two attached hydrogens (primary N) is 1. The minimum absolute atomic E-state index is 0. The summed E-state index contributed by atoms with van der Waals surface area (Å²) in [6, 6.07) is 8.43. The van der Waals surface area contributed by atoms with Gasteiger partial charge in [-0.3, -0.25) is 4.98 Å². The summed E-state index contributed by atoms with van der Waals surface area (Å²) in [4.78, 5) is 3.99. The van der Waals surface area contributed by atoms with Gasteiger partial charge in [0.1, 0.15) is 5.82 Å². The van der Waals surface area contributed by atoms with Crippen LogP contribution < -0.4 is 5.73 Å². The lowest BCUT2D eigenvalue weighted by molar-refractivity contribution is 0.631. The van der Waals surface area contributed by atoms with Gasteiger partial charge in [0.05, 0.1) is 0 Å². The van der Waals surface area contributed by atoms with E-state index < -0.39 is 0 Å². The highest BCUT2D eigenvalue weighted by atomic mass is 35.5. The zero-order valence-corrected chi connectivity index (χ0v) is 10.6. The second-order valence-electron chi connectivity index (χ2n) is 3.22. The number of aromatic nitrogens is 1. The Bertz CT molecular complexity index is 478. The molecule has 0 unspecified atom stereocenters. The summed E-state index contributed by atoms with van der Waals surface area (Å²) < 4.78 is 13.5. The van der Waals surface area contributed by atoms with Crippen molar-refractivity contribution >= 4 is 24.8 Å². The van der Waals surface area contributed by atoms with E-state index in [-0.39, 0.29) is 30.6 Å². The Morgan fingerprint density at radius 2 is 1.76 bits per heavy atom. The summed E-state index contributed by atoms with van der Waals surface area (Å²) in [5.74, 6) is -0.250. The maximum Gasteiger partial charge on any atom is 0.131 e. The number of nitrogens with zero attached hydrogens (tertiary/aromatic N) is 1. The van der Waals surface area contributed by atoms with Crippen molar-refractivity contribution in [1.29, 1.82) is 0 Å². The van der Waals surface area contributed by atoms with Crippen molar-refractivity contribution in [2.45, 2.75) is 6.54 Å². The van der Waals surface area contributed by atoms with Crippen LogP contribution >= 0.6 is 24.8 Å². The molecule has 0 atom stereocenters. The molecule has 92 valence electrons. The van der Waals surface area contributed by atoms with Gasteiger partial charge < -0.3 is 5.73 Å². The van der Waals surface area contributed by atoms with Gasteiger partial charge in [0.2, 0.25) is 0 Å². The molecular formula is C12H13Cl2FN2. The van der Waals surface area contributed by atoms with Crippen LogP contribution in [-0.4, -0.2) is 4.98 Å². The Labute approximate surface area is 112 Å². The SMILES string of the molecule is Cl.Cl.NCc1ccncc1-c1ccccc1F. The first-order chi connectivity index (χ1) is 7.33. The van der Waals surface area contributed by atoms with E-state index in [1.54, 1.807) is 30.6 Å². The number of rotatable bonds is 2. The van der Waals surface area contributed by atoms with Crippen LogP contribution in [0.2, 0.25) is 0 Å². The van der Waals surface area contributed by atoms with Gasteiger partial charge in [0.25, 0.3) is 0 Å². The van der Waals surface area contributed by atoms with Crippen LogP contribution in [0.3, 0.4) is 0 Å². The molecule has 0 amide bonds. The molecule has 0 saturated carbocycles. The Balaban J connectivity index is 0.00000128. The van der Waals surface area contributed by atoms with Crippen LogP contribution in [0.4, 0.5) is 4.39 Å². The van der Waals surface area contributed by atoms with Gasteiger partial charge in [-0.2, -0.15) is 0 Å². The molecule has 17 heavy (non-hydrogen) atoms. The summed E-state index contributed by atoms with van der Waals surface area (Å²) in [7, 11) is 0. The quantitative estimate of drug-likeness (QED) is 0.914. The highest BCUT2D eigenvalue weighted by Gasteiger charge is 2.07. The lowest BCUT2D eigenvalue weighted by Gasteiger charge is -2.07. The zero-order valence-electron chi connectivity index (χ0n) is 8.97. The minimum atomic E-state index is -0.250. The lowest BCUT2D eigenvalue weighted by Crippen LogP contribution is -2.00. The molecule has 0 bridgehead atoms. The standard InChI is InChI=1S/C12H11FN2.2ClH/c13-12-4-2-1-3-10(12)11-8-15-6-5-9(11)7-14;;/h1-6,8H,7,14H2;2*1H. The van der Waals surface area contributed by atoms with Gasteiger partial charge in [0.15, 0.2) is 0 Å². The van der Waals surface area contributed by atoms with Crippen molar-refractivity contribution in [3.63, 3.8) is 0 Å². The predicted octanol–water partition coefficient (Wildman–Crippen LogP) is 3.19. The van der Waals surface area contributed by atoms with Crippen LogP contribution in [0.25, 0.3) is 11.1 Å². The van der Waals surface area contributed by atoms with E-state index in [2.05, 4.69) is 4.98 Å². The molecule has 5 heteroatoms. The molecule has 2 N–H and O–H groups in total. The Hall–Kier alpha value is -1.16. The molecule has 0 aliphatic carbocycles. The molecule has 0 radical (unpaired) electrons. The number of halogens is 3. The monoisotopic (exact) mass is 274 g/mol. The average molecular weight is 275 g/mol. The van der Waals surface area contributed by atoms with Crippen molar-refractivity contribution in [1.82, 2.24) is 4.98 Å². The fourth-order valence-electron chi connectivity index (χ4n) is 1.52. The Kier molecular flexibility index (Phi) is 6.73. The molecule has 0 aliphatic heterocycles. The highest BCUT2D eigenvalue weighted by Crippen LogP contribution is 2.24. The number of hydrogen-bond donors (Lipinski definition) is 1. The summed E-state index contributed by atoms with van der Waals surface area (Å²) >= 11 is 0. The van der Waals surface area contributed by atoms with Crippen molar-refractivity contribution < 1.29 is 4.39 Å². The molecular weight excluding hydrogens is 262 g/mol. The van der Waals surface area contributed by atoms with Gasteiger partial charge in [-0.15, -0.1) is 24.8 Å². The second-order valence-corrected chi connectivity index (χ2v) is 3.22. The number of hydrogen-bond acceptors (Lipinski definition) is 2. The third kappa shape index (κ3) is 3.40. The molecule has 0 aliphatic rings. The number of pyridine rings is 1. The largest absolute Gasteiger partial charge is 0.326 e. The fourth-order valence-corrected chi connectivity index (χ4v) is 1.52. The molecule has 1 aromatic carbocycles. The molecule has 0 fully saturated rings. The highest BCUT2D eigenvalue weighted by molar-refractivity contribution is 5.85. The molecule has 0 saturated heterocycles. The van der Waals surface area contributed by atoms with E-state index in [9.17, 15) is 4.39 Å². The van der Waals surface area contributed by atoms with E-state index in [1.165, 1.54) is 6.07 Å². The second kappa shape index (κ2) is 7.22. The smallest absolute Gasteiger partial charge is 0.131 e. The van der Waals surface area contributed by atoms with Gasteiger partial charge in [-0.1, -0.05) is 18.2 Å². The Morgan fingerprint density at radius 3 is 2.41 bits per heavy atom. The van der Waals surface area contributed by atoms with Gasteiger partial charge in [-0.25, -0.2) is 4.39 Å². The first-order valence-corrected chi connectivity index (χ1v) is 4.71. The molecule has 1 aromatic heterocycles. The Morgan fingerprint density at radius 1 is 1.06 bits per heavy atom. The van der Waals surface area contributed by atoms with Crippen molar-refractivity contribution in [2.24, 2.45) is 5.73 Å². The third-order valence-corrected chi connectivity index (χ3v) is 2.30. The maximum absolute atomic E-state index is 13.5. The van der Waals surface area contributed by atoms with E-state index in [1.807, 2.05) is 6.07 Å². The third-order valence-electron chi connectivity index (χ3n) is 2.30. The molecule has 1 heterocycles. The van der Waals surface area contributed by atoms with Crippen LogP contribution in [0, 0.1) is 5.82 Å². The summed E-state index contributed by atoms with van der Waals surface area (Å²) in [5, 5.41) is 0. The van der Waals surface area contributed by atoms with Crippen molar-refractivity contribution in [3.8, 4) is 11.1 Å². The summed E-state index contributed by atoms with van der Waals surface area (Å²) in [5.41, 5.74) is 7.80. The molecule has 2 aromatic rings. The topological polar surface area (TPSA) is 38.9 Å². The van der Waals surface area contributed by atoms with Crippen LogP contribution in [0.5, 0.6) is 0 Å². The van der Waals surface area contributed by atoms with Gasteiger partial charge in [0, 0.05) is 30.1 Å². The van der Waals surface area contributed by atoms with Gasteiger partial charge in [-0.05, 0) is 17.7 Å². The number of benzene rings is 1. The van der Waals surface area contributed by atoms with E-state index in [0.29, 0.717) is 12.1 Å². The van der Waals surface area contributed by atoms with E-state index in [4.69, 9.17) is 5.73 Å². The lowest BCUT2D eigenvalue weighted by atomic mass is 10.0. The van der Waals surface area contributed by atoms with E-state index in [0.717, 1.165) is 11.1 Å². The molecule has 0 spiro atoms. The van der Waals surface area contributed by atoms with Crippen molar-refractivity contribution in [2.75, 3.05) is 0 Å². The van der Waals surface area contributed by atoms with Crippen molar-refractivity contribution in [3.05, 3.63) is 54.1 Å². The minimum Gasteiger partial charge on any atom is -0.326 e. The fraction of sp³-hybridized carbons (Fsp3) is 0.0833.